The largest absolute Gasteiger partial charge is 0.375 e. The predicted molar refractivity (Wildman–Crippen MR) is 69.1 cm³/mol. The molecule has 3 rings (SSSR count). The van der Waals surface area contributed by atoms with Crippen molar-refractivity contribution in [3.05, 3.63) is 46.5 Å². The molecule has 1 aliphatic rings. The number of nitrogens with one attached hydrogen (secondary N) is 2. The molecule has 0 bridgehead atoms. The van der Waals surface area contributed by atoms with Crippen molar-refractivity contribution in [1.82, 2.24) is 10.2 Å². The first-order valence-corrected chi connectivity index (χ1v) is 6.21. The number of halogens is 1. The van der Waals surface area contributed by atoms with E-state index < -0.39 is 0 Å². The first-order chi connectivity index (χ1) is 8.65. The molecule has 0 radical (unpaired) electrons. The lowest BCUT2D eigenvalue weighted by Crippen LogP contribution is -2.08. The van der Waals surface area contributed by atoms with Crippen LogP contribution in [0.3, 0.4) is 0 Å². The van der Waals surface area contributed by atoms with Crippen molar-refractivity contribution in [2.24, 2.45) is 0 Å². The van der Waals surface area contributed by atoms with E-state index in [2.05, 4.69) is 15.5 Å². The first-order valence-electron chi connectivity index (χ1n) is 6.21. The number of fused-ring (bicyclic) bond motifs is 1. The summed E-state index contributed by atoms with van der Waals surface area (Å²) in [5.74, 6) is -0.148. The Morgan fingerprint density at radius 3 is 2.94 bits per heavy atom. The maximum absolute atomic E-state index is 13.2. The number of anilines is 1. The molecule has 1 atom stereocenters. The van der Waals surface area contributed by atoms with Crippen LogP contribution in [0.2, 0.25) is 0 Å². The summed E-state index contributed by atoms with van der Waals surface area (Å²) in [7, 11) is 0. The Hall–Kier alpha value is -1.84. The summed E-state index contributed by atoms with van der Waals surface area (Å²) in [5.41, 5.74) is 5.41. The summed E-state index contributed by atoms with van der Waals surface area (Å²) in [6.45, 7) is 3.98. The molecule has 0 saturated heterocycles. The third kappa shape index (κ3) is 1.78. The van der Waals surface area contributed by atoms with Crippen molar-refractivity contribution >= 4 is 5.69 Å². The minimum absolute atomic E-state index is 0.148. The summed E-state index contributed by atoms with van der Waals surface area (Å²) in [4.78, 5) is 0. The average Bonchev–Trinajstić information content (AvgIpc) is 2.87. The highest BCUT2D eigenvalue weighted by atomic mass is 19.1. The van der Waals surface area contributed by atoms with Gasteiger partial charge in [-0.25, -0.2) is 4.39 Å². The van der Waals surface area contributed by atoms with Crippen LogP contribution in [-0.4, -0.2) is 10.2 Å². The molecule has 0 spiro atoms. The number of rotatable bonds is 2. The number of benzene rings is 1. The van der Waals surface area contributed by atoms with Crippen LogP contribution in [0, 0.1) is 19.7 Å². The van der Waals surface area contributed by atoms with Crippen molar-refractivity contribution in [3.63, 3.8) is 0 Å². The summed E-state index contributed by atoms with van der Waals surface area (Å²) in [6, 6.07) is 5.33. The lowest BCUT2D eigenvalue weighted by molar-refractivity contribution is 0.626. The van der Waals surface area contributed by atoms with Gasteiger partial charge in [0.1, 0.15) is 5.82 Å². The van der Waals surface area contributed by atoms with Crippen molar-refractivity contribution in [1.29, 1.82) is 0 Å². The fourth-order valence-electron chi connectivity index (χ4n) is 2.67. The van der Waals surface area contributed by atoms with Crippen LogP contribution in [0.5, 0.6) is 0 Å². The highest BCUT2D eigenvalue weighted by molar-refractivity contribution is 5.54. The van der Waals surface area contributed by atoms with Gasteiger partial charge in [0, 0.05) is 0 Å². The SMILES string of the molecule is Cc1n[nH]c(C)c1NC1CCc2cc(F)ccc21. The molecule has 4 heteroatoms. The monoisotopic (exact) mass is 245 g/mol. The smallest absolute Gasteiger partial charge is 0.123 e. The number of aryl methyl sites for hydroxylation is 3. The number of hydrogen-bond donors (Lipinski definition) is 2. The van der Waals surface area contributed by atoms with Gasteiger partial charge in [-0.1, -0.05) is 6.07 Å². The van der Waals surface area contributed by atoms with Crippen LogP contribution < -0.4 is 5.32 Å². The van der Waals surface area contributed by atoms with E-state index in [1.165, 1.54) is 11.6 Å². The molecule has 2 N–H and O–H groups in total. The maximum Gasteiger partial charge on any atom is 0.123 e. The van der Waals surface area contributed by atoms with Crippen LogP contribution in [0.1, 0.15) is 35.0 Å². The van der Waals surface area contributed by atoms with Gasteiger partial charge in [0.15, 0.2) is 0 Å². The Kier molecular flexibility index (Phi) is 2.58. The molecule has 18 heavy (non-hydrogen) atoms. The zero-order chi connectivity index (χ0) is 12.7. The van der Waals surface area contributed by atoms with E-state index in [4.69, 9.17) is 0 Å². The minimum Gasteiger partial charge on any atom is -0.375 e. The van der Waals surface area contributed by atoms with E-state index in [0.717, 1.165) is 35.5 Å². The van der Waals surface area contributed by atoms with E-state index in [1.807, 2.05) is 19.9 Å². The van der Waals surface area contributed by atoms with Gasteiger partial charge in [-0.15, -0.1) is 0 Å². The zero-order valence-corrected chi connectivity index (χ0v) is 10.5. The van der Waals surface area contributed by atoms with Crippen molar-refractivity contribution in [2.75, 3.05) is 5.32 Å². The summed E-state index contributed by atoms with van der Waals surface area (Å²) < 4.78 is 13.2. The Labute approximate surface area is 105 Å². The molecule has 1 unspecified atom stereocenters. The summed E-state index contributed by atoms with van der Waals surface area (Å²) in [6.07, 6.45) is 1.93. The quantitative estimate of drug-likeness (QED) is 0.852. The fraction of sp³-hybridized carbons (Fsp3) is 0.357. The summed E-state index contributed by atoms with van der Waals surface area (Å²) >= 11 is 0. The first kappa shape index (κ1) is 11.3. The fourth-order valence-corrected chi connectivity index (χ4v) is 2.67. The molecule has 0 fully saturated rings. The molecule has 1 aliphatic carbocycles. The Morgan fingerprint density at radius 2 is 2.22 bits per heavy atom. The van der Waals surface area contributed by atoms with Gasteiger partial charge < -0.3 is 5.32 Å². The second-order valence-corrected chi connectivity index (χ2v) is 4.89. The van der Waals surface area contributed by atoms with Crippen LogP contribution in [-0.2, 0) is 6.42 Å². The Balaban J connectivity index is 1.89. The van der Waals surface area contributed by atoms with Crippen molar-refractivity contribution in [2.45, 2.75) is 32.7 Å². The van der Waals surface area contributed by atoms with Gasteiger partial charge in [-0.05, 0) is 49.9 Å². The minimum atomic E-state index is -0.148. The van der Waals surface area contributed by atoms with E-state index in [9.17, 15) is 4.39 Å². The van der Waals surface area contributed by atoms with Gasteiger partial charge >= 0.3 is 0 Å². The second kappa shape index (κ2) is 4.12. The maximum atomic E-state index is 13.2. The molecular formula is C14H16FN3. The third-order valence-electron chi connectivity index (χ3n) is 3.63. The van der Waals surface area contributed by atoms with Gasteiger partial charge in [-0.3, -0.25) is 5.10 Å². The number of nitrogens with zero attached hydrogens (tertiary/aromatic N) is 1. The average molecular weight is 245 g/mol. The molecule has 1 aromatic carbocycles. The lowest BCUT2D eigenvalue weighted by atomic mass is 10.1. The van der Waals surface area contributed by atoms with Crippen molar-refractivity contribution < 1.29 is 4.39 Å². The number of aromatic nitrogens is 2. The van der Waals surface area contributed by atoms with Gasteiger partial charge in [0.2, 0.25) is 0 Å². The van der Waals surface area contributed by atoms with E-state index >= 15 is 0 Å². The lowest BCUT2D eigenvalue weighted by Gasteiger charge is -2.15. The zero-order valence-electron chi connectivity index (χ0n) is 10.5. The molecule has 0 saturated carbocycles. The Morgan fingerprint density at radius 1 is 1.39 bits per heavy atom. The van der Waals surface area contributed by atoms with Gasteiger partial charge in [-0.2, -0.15) is 5.10 Å². The van der Waals surface area contributed by atoms with E-state index in [-0.39, 0.29) is 11.9 Å². The molecule has 1 heterocycles. The van der Waals surface area contributed by atoms with Crippen LogP contribution in [0.15, 0.2) is 18.2 Å². The standard InChI is InChI=1S/C14H16FN3/c1-8-14(9(2)18-17-8)16-13-6-3-10-7-11(15)4-5-12(10)13/h4-5,7,13,16H,3,6H2,1-2H3,(H,17,18). The predicted octanol–water partition coefficient (Wildman–Crippen LogP) is 3.27. The third-order valence-corrected chi connectivity index (χ3v) is 3.63. The topological polar surface area (TPSA) is 40.7 Å². The number of H-pyrrole nitrogens is 1. The van der Waals surface area contributed by atoms with Crippen molar-refractivity contribution in [3.8, 4) is 0 Å². The van der Waals surface area contributed by atoms with E-state index in [1.54, 1.807) is 6.07 Å². The Bertz CT molecular complexity index is 569. The molecule has 0 amide bonds. The highest BCUT2D eigenvalue weighted by Crippen LogP contribution is 2.35. The molecular weight excluding hydrogens is 229 g/mol. The van der Waals surface area contributed by atoms with Crippen LogP contribution in [0.25, 0.3) is 0 Å². The summed E-state index contributed by atoms with van der Waals surface area (Å²) in [5, 5.41) is 10.7. The van der Waals surface area contributed by atoms with E-state index in [0.29, 0.717) is 0 Å². The van der Waals surface area contributed by atoms with Gasteiger partial charge in [0.25, 0.3) is 0 Å². The molecule has 2 aromatic rings. The van der Waals surface area contributed by atoms with Gasteiger partial charge in [0.05, 0.1) is 23.1 Å². The normalized spacial score (nSPS) is 17.8. The molecule has 3 nitrogen and oxygen atoms in total. The highest BCUT2D eigenvalue weighted by Gasteiger charge is 2.24. The number of hydrogen-bond acceptors (Lipinski definition) is 2. The molecule has 0 aliphatic heterocycles. The number of aromatic amines is 1. The molecule has 1 aromatic heterocycles. The molecule has 94 valence electrons. The second-order valence-electron chi connectivity index (χ2n) is 4.89. The van der Waals surface area contributed by atoms with Crippen LogP contribution >= 0.6 is 0 Å². The van der Waals surface area contributed by atoms with Crippen LogP contribution in [0.4, 0.5) is 10.1 Å².